The molecule has 0 radical (unpaired) electrons. The van der Waals surface area contributed by atoms with Crippen LogP contribution in [0.2, 0.25) is 0 Å². The Morgan fingerprint density at radius 2 is 1.91 bits per heavy atom. The van der Waals surface area contributed by atoms with E-state index in [9.17, 15) is 4.79 Å². The molecule has 22 heavy (non-hydrogen) atoms. The molecule has 1 aromatic heterocycles. The summed E-state index contributed by atoms with van der Waals surface area (Å²) in [6.45, 7) is 6.25. The second-order valence-corrected chi connectivity index (χ2v) is 7.29. The van der Waals surface area contributed by atoms with E-state index in [1.54, 1.807) is 11.8 Å². The van der Waals surface area contributed by atoms with Crippen molar-refractivity contribution in [3.05, 3.63) is 36.4 Å². The minimum absolute atomic E-state index is 0.218. The minimum Gasteiger partial charge on any atom is -0.311 e. The lowest BCUT2D eigenvalue weighted by atomic mass is 9.91. The van der Waals surface area contributed by atoms with Gasteiger partial charge in [0.2, 0.25) is 0 Å². The lowest BCUT2D eigenvalue weighted by Crippen LogP contribution is -2.25. The Bertz CT molecular complexity index is 859. The molecule has 0 N–H and O–H groups in total. The summed E-state index contributed by atoms with van der Waals surface area (Å²) in [6, 6.07) is 12.4. The van der Waals surface area contributed by atoms with E-state index in [1.807, 2.05) is 43.7 Å². The van der Waals surface area contributed by atoms with Crippen molar-refractivity contribution in [3.63, 3.8) is 0 Å². The zero-order valence-corrected chi connectivity index (χ0v) is 14.2. The highest BCUT2D eigenvalue weighted by Gasteiger charge is 2.23. The van der Waals surface area contributed by atoms with Crippen LogP contribution in [0.4, 0.5) is 0 Å². The summed E-state index contributed by atoms with van der Waals surface area (Å²) in [5.41, 5.74) is 1.66. The molecule has 0 aliphatic carbocycles. The predicted molar refractivity (Wildman–Crippen MR) is 93.5 cm³/mol. The molecule has 0 aliphatic heterocycles. The average molecular weight is 312 g/mol. The van der Waals surface area contributed by atoms with Crippen LogP contribution >= 0.6 is 11.8 Å². The van der Waals surface area contributed by atoms with Crippen molar-refractivity contribution < 1.29 is 4.79 Å². The van der Waals surface area contributed by atoms with Gasteiger partial charge in [0.25, 0.3) is 0 Å². The third kappa shape index (κ3) is 2.52. The molecule has 114 valence electrons. The first-order chi connectivity index (χ1) is 10.4. The molecule has 0 saturated heterocycles. The number of ketones is 1. The summed E-state index contributed by atoms with van der Waals surface area (Å²) in [5, 5.41) is 3.20. The van der Waals surface area contributed by atoms with Crippen LogP contribution in [-0.4, -0.2) is 21.6 Å². The highest BCUT2D eigenvalue weighted by molar-refractivity contribution is 7.98. The number of aromatic nitrogens is 2. The van der Waals surface area contributed by atoms with Crippen LogP contribution < -0.4 is 0 Å². The molecular formula is C18H20N2OS. The number of hydrogen-bond acceptors (Lipinski definition) is 3. The summed E-state index contributed by atoms with van der Waals surface area (Å²) in [7, 11) is 0. The van der Waals surface area contributed by atoms with Gasteiger partial charge in [-0.2, -0.15) is 0 Å². The van der Waals surface area contributed by atoms with Crippen LogP contribution in [0.5, 0.6) is 0 Å². The van der Waals surface area contributed by atoms with Crippen molar-refractivity contribution in [1.29, 1.82) is 0 Å². The van der Waals surface area contributed by atoms with Crippen molar-refractivity contribution in [3.8, 4) is 0 Å². The Balaban J connectivity index is 2.21. The molecule has 0 spiro atoms. The van der Waals surface area contributed by atoms with Crippen LogP contribution in [0.15, 0.2) is 41.6 Å². The minimum atomic E-state index is -0.344. The zero-order chi connectivity index (χ0) is 15.9. The Hall–Kier alpha value is -1.81. The average Bonchev–Trinajstić information content (AvgIpc) is 2.84. The summed E-state index contributed by atoms with van der Waals surface area (Å²) in [6.07, 6.45) is 2.00. The number of rotatable bonds is 3. The number of thioether (sulfide) groups is 1. The Morgan fingerprint density at radius 1 is 1.18 bits per heavy atom. The number of nitrogens with zero attached hydrogens (tertiary/aromatic N) is 2. The number of hydrogen-bond donors (Lipinski definition) is 0. The van der Waals surface area contributed by atoms with E-state index in [1.165, 1.54) is 5.39 Å². The Morgan fingerprint density at radius 3 is 2.59 bits per heavy atom. The molecule has 2 aromatic carbocycles. The molecule has 3 rings (SSSR count). The lowest BCUT2D eigenvalue weighted by molar-refractivity contribution is -0.126. The number of imidazole rings is 1. The normalized spacial score (nSPS) is 12.2. The van der Waals surface area contributed by atoms with Crippen molar-refractivity contribution in [1.82, 2.24) is 9.55 Å². The number of Topliss-reactive ketones (excluding diaryl/α,β-unsaturated/α-hetero) is 1. The molecule has 0 atom stereocenters. The maximum Gasteiger partial charge on any atom is 0.169 e. The molecule has 4 heteroatoms. The standard InChI is InChI=1S/C18H20N2OS/c1-18(2,3)15(21)11-20-14-10-9-12-7-5-6-8-13(12)16(14)19-17(20)22-4/h5-10H,11H2,1-4H3. The SMILES string of the molecule is CSc1nc2c3ccccc3ccc2n1CC(=O)C(C)(C)C. The fourth-order valence-corrected chi connectivity index (χ4v) is 3.09. The topological polar surface area (TPSA) is 34.9 Å². The van der Waals surface area contributed by atoms with Crippen molar-refractivity contribution in [2.45, 2.75) is 32.5 Å². The molecule has 1 heterocycles. The Kier molecular flexibility index (Phi) is 3.73. The largest absolute Gasteiger partial charge is 0.311 e. The fraction of sp³-hybridized carbons (Fsp3) is 0.333. The van der Waals surface area contributed by atoms with E-state index in [-0.39, 0.29) is 11.2 Å². The highest BCUT2D eigenvalue weighted by atomic mass is 32.2. The van der Waals surface area contributed by atoms with E-state index in [2.05, 4.69) is 24.3 Å². The molecule has 0 fully saturated rings. The van der Waals surface area contributed by atoms with Gasteiger partial charge in [-0.25, -0.2) is 4.98 Å². The van der Waals surface area contributed by atoms with E-state index in [4.69, 9.17) is 4.98 Å². The highest BCUT2D eigenvalue weighted by Crippen LogP contribution is 2.29. The first kappa shape index (κ1) is 15.1. The molecule has 0 bridgehead atoms. The van der Waals surface area contributed by atoms with Crippen molar-refractivity contribution >= 4 is 39.4 Å². The quantitative estimate of drug-likeness (QED) is 0.667. The third-order valence-electron chi connectivity index (χ3n) is 3.93. The second-order valence-electron chi connectivity index (χ2n) is 6.51. The predicted octanol–water partition coefficient (Wildman–Crippen LogP) is 4.53. The first-order valence-corrected chi connectivity index (χ1v) is 8.59. The van der Waals surface area contributed by atoms with Gasteiger partial charge in [0.1, 0.15) is 0 Å². The van der Waals surface area contributed by atoms with Gasteiger partial charge in [-0.1, -0.05) is 62.9 Å². The fourth-order valence-electron chi connectivity index (χ4n) is 2.53. The maximum atomic E-state index is 12.4. The van der Waals surface area contributed by atoms with Crippen molar-refractivity contribution in [2.75, 3.05) is 6.26 Å². The zero-order valence-electron chi connectivity index (χ0n) is 13.4. The van der Waals surface area contributed by atoms with Gasteiger partial charge >= 0.3 is 0 Å². The summed E-state index contributed by atoms with van der Waals surface area (Å²) in [5.74, 6) is 0.218. The third-order valence-corrected chi connectivity index (χ3v) is 4.61. The monoisotopic (exact) mass is 312 g/mol. The number of fused-ring (bicyclic) bond motifs is 3. The molecule has 3 aromatic rings. The lowest BCUT2D eigenvalue weighted by Gasteiger charge is -2.18. The smallest absolute Gasteiger partial charge is 0.169 e. The van der Waals surface area contributed by atoms with E-state index < -0.39 is 0 Å². The molecule has 3 nitrogen and oxygen atoms in total. The van der Waals surface area contributed by atoms with Gasteiger partial charge in [0.05, 0.1) is 17.6 Å². The van der Waals surface area contributed by atoms with Gasteiger partial charge in [0.15, 0.2) is 10.9 Å². The van der Waals surface area contributed by atoms with Gasteiger partial charge in [0, 0.05) is 10.8 Å². The van der Waals surface area contributed by atoms with Gasteiger partial charge in [-0.3, -0.25) is 4.79 Å². The number of carbonyl (C=O) groups excluding carboxylic acids is 1. The van der Waals surface area contributed by atoms with Gasteiger partial charge < -0.3 is 4.57 Å². The van der Waals surface area contributed by atoms with Gasteiger partial charge in [-0.05, 0) is 17.7 Å². The molecule has 0 amide bonds. The van der Waals surface area contributed by atoms with Crippen LogP contribution in [0.1, 0.15) is 20.8 Å². The summed E-state index contributed by atoms with van der Waals surface area (Å²) in [4.78, 5) is 17.2. The van der Waals surface area contributed by atoms with Crippen LogP contribution in [0.25, 0.3) is 21.8 Å². The van der Waals surface area contributed by atoms with Crippen molar-refractivity contribution in [2.24, 2.45) is 5.41 Å². The molecular weight excluding hydrogens is 292 g/mol. The van der Waals surface area contributed by atoms with E-state index in [0.29, 0.717) is 6.54 Å². The van der Waals surface area contributed by atoms with Crippen LogP contribution in [-0.2, 0) is 11.3 Å². The first-order valence-electron chi connectivity index (χ1n) is 7.37. The maximum absolute atomic E-state index is 12.4. The van der Waals surface area contributed by atoms with Gasteiger partial charge in [-0.15, -0.1) is 0 Å². The van der Waals surface area contributed by atoms with Crippen LogP contribution in [0.3, 0.4) is 0 Å². The van der Waals surface area contributed by atoms with Crippen LogP contribution in [0, 0.1) is 5.41 Å². The van der Waals surface area contributed by atoms with E-state index >= 15 is 0 Å². The number of carbonyl (C=O) groups is 1. The molecule has 0 aliphatic rings. The second kappa shape index (κ2) is 5.43. The summed E-state index contributed by atoms with van der Waals surface area (Å²) >= 11 is 1.58. The Labute approximate surface area is 134 Å². The molecule has 0 saturated carbocycles. The number of benzene rings is 2. The summed E-state index contributed by atoms with van der Waals surface area (Å²) < 4.78 is 2.04. The van der Waals surface area contributed by atoms with E-state index in [0.717, 1.165) is 21.6 Å². The molecule has 0 unspecified atom stereocenters.